The highest BCUT2D eigenvalue weighted by Gasteiger charge is 2.24. The van der Waals surface area contributed by atoms with E-state index in [2.05, 4.69) is 25.0 Å². The fraction of sp³-hybridized carbons (Fsp3) is 0.318. The standard InChI is InChI=1S/C22H21F4N5O2/c1-12-10-31(11-13(2)32-12)22-27-6-5-19(30-22)29-18-7-14(9-28-20(18)24)16-4-3-15(8-17(16)23)33-21(25)26/h3-9,12-13,21H,10-11H2,1-2H3,(H,27,29,30)/t12-,13+. The molecule has 11 heteroatoms. The summed E-state index contributed by atoms with van der Waals surface area (Å²) in [4.78, 5) is 14.4. The van der Waals surface area contributed by atoms with E-state index in [0.29, 0.717) is 24.9 Å². The predicted octanol–water partition coefficient (Wildman–Crippen LogP) is 4.78. The zero-order valence-corrected chi connectivity index (χ0v) is 17.8. The van der Waals surface area contributed by atoms with Crippen LogP contribution in [0.25, 0.3) is 11.1 Å². The lowest BCUT2D eigenvalue weighted by Gasteiger charge is -2.35. The lowest BCUT2D eigenvalue weighted by molar-refractivity contribution is -0.0499. The molecule has 1 aliphatic heterocycles. The van der Waals surface area contributed by atoms with Gasteiger partial charge in [0.1, 0.15) is 17.4 Å². The van der Waals surface area contributed by atoms with Crippen LogP contribution in [0.4, 0.5) is 35.0 Å². The Hall–Kier alpha value is -3.47. The Kier molecular flexibility index (Phi) is 6.59. The maximum absolute atomic E-state index is 14.5. The van der Waals surface area contributed by atoms with Crippen LogP contribution in [0.2, 0.25) is 0 Å². The number of anilines is 3. The number of nitrogens with one attached hydrogen (secondary N) is 1. The van der Waals surface area contributed by atoms with Gasteiger partial charge in [-0.15, -0.1) is 0 Å². The van der Waals surface area contributed by atoms with Crippen LogP contribution in [-0.4, -0.2) is 46.9 Å². The number of rotatable bonds is 6. The van der Waals surface area contributed by atoms with Crippen LogP contribution in [0.5, 0.6) is 5.75 Å². The number of alkyl halides is 2. The number of aromatic nitrogens is 3. The monoisotopic (exact) mass is 463 g/mol. The third kappa shape index (κ3) is 5.48. The first kappa shape index (κ1) is 22.7. The molecule has 3 heterocycles. The number of halogens is 4. The SMILES string of the molecule is C[C@@H]1CN(c2nccc(Nc3cc(-c4ccc(OC(F)F)cc4F)cnc3F)n2)C[C@H](C)O1. The van der Waals surface area contributed by atoms with E-state index in [9.17, 15) is 17.6 Å². The minimum atomic E-state index is -3.07. The topological polar surface area (TPSA) is 72.4 Å². The molecular formula is C22H21F4N5O2. The van der Waals surface area contributed by atoms with E-state index >= 15 is 0 Å². The molecule has 1 N–H and O–H groups in total. The average molecular weight is 463 g/mol. The van der Waals surface area contributed by atoms with Crippen molar-refractivity contribution in [2.24, 2.45) is 0 Å². The molecule has 1 fully saturated rings. The van der Waals surface area contributed by atoms with Gasteiger partial charge in [-0.1, -0.05) is 0 Å². The number of hydrogen-bond donors (Lipinski definition) is 1. The fourth-order valence-electron chi connectivity index (χ4n) is 3.64. The minimum Gasteiger partial charge on any atom is -0.435 e. The third-order valence-corrected chi connectivity index (χ3v) is 4.92. The van der Waals surface area contributed by atoms with E-state index in [4.69, 9.17) is 4.74 Å². The van der Waals surface area contributed by atoms with Gasteiger partial charge in [-0.25, -0.2) is 14.4 Å². The van der Waals surface area contributed by atoms with Gasteiger partial charge in [0, 0.05) is 42.7 Å². The maximum Gasteiger partial charge on any atom is 0.387 e. The second kappa shape index (κ2) is 9.57. The molecule has 2 aromatic heterocycles. The molecule has 1 aliphatic rings. The van der Waals surface area contributed by atoms with Crippen molar-refractivity contribution in [2.75, 3.05) is 23.3 Å². The first-order chi connectivity index (χ1) is 15.8. The Morgan fingerprint density at radius 1 is 1.09 bits per heavy atom. The van der Waals surface area contributed by atoms with Crippen molar-refractivity contribution in [3.63, 3.8) is 0 Å². The average Bonchev–Trinajstić information content (AvgIpc) is 2.75. The summed E-state index contributed by atoms with van der Waals surface area (Å²) in [6.07, 6.45) is 2.72. The van der Waals surface area contributed by atoms with Crippen molar-refractivity contribution in [3.05, 3.63) is 54.5 Å². The molecule has 1 aromatic carbocycles. The van der Waals surface area contributed by atoms with Crippen LogP contribution < -0.4 is 15.0 Å². The van der Waals surface area contributed by atoms with E-state index in [1.165, 1.54) is 18.2 Å². The molecule has 1 saturated heterocycles. The lowest BCUT2D eigenvalue weighted by Crippen LogP contribution is -2.46. The molecule has 0 spiro atoms. The second-order valence-corrected chi connectivity index (χ2v) is 7.61. The van der Waals surface area contributed by atoms with Crippen LogP contribution in [0, 0.1) is 11.8 Å². The summed E-state index contributed by atoms with van der Waals surface area (Å²) >= 11 is 0. The fourth-order valence-corrected chi connectivity index (χ4v) is 3.64. The number of nitrogens with zero attached hydrogens (tertiary/aromatic N) is 4. The van der Waals surface area contributed by atoms with E-state index in [1.807, 2.05) is 18.7 Å². The number of pyridine rings is 1. The second-order valence-electron chi connectivity index (χ2n) is 7.61. The molecule has 0 bridgehead atoms. The number of ether oxygens (including phenoxy) is 2. The normalized spacial score (nSPS) is 18.5. The number of benzene rings is 1. The highest BCUT2D eigenvalue weighted by Crippen LogP contribution is 2.30. The van der Waals surface area contributed by atoms with Gasteiger partial charge in [-0.2, -0.15) is 18.2 Å². The van der Waals surface area contributed by atoms with Crippen LogP contribution in [0.3, 0.4) is 0 Å². The van der Waals surface area contributed by atoms with Gasteiger partial charge in [0.25, 0.3) is 0 Å². The largest absolute Gasteiger partial charge is 0.435 e. The molecule has 0 saturated carbocycles. The van der Waals surface area contributed by atoms with E-state index in [1.54, 1.807) is 12.3 Å². The van der Waals surface area contributed by atoms with Crippen molar-refractivity contribution in [1.29, 1.82) is 0 Å². The molecule has 33 heavy (non-hydrogen) atoms. The van der Waals surface area contributed by atoms with Crippen LogP contribution in [0.15, 0.2) is 42.7 Å². The van der Waals surface area contributed by atoms with Crippen molar-refractivity contribution in [3.8, 4) is 16.9 Å². The molecule has 0 radical (unpaired) electrons. The number of hydrogen-bond acceptors (Lipinski definition) is 7. The maximum atomic E-state index is 14.5. The molecule has 4 rings (SSSR count). The molecule has 2 atom stereocenters. The van der Waals surface area contributed by atoms with Gasteiger partial charge in [-0.3, -0.25) is 0 Å². The van der Waals surface area contributed by atoms with Crippen LogP contribution in [0.1, 0.15) is 13.8 Å². The zero-order chi connectivity index (χ0) is 23.5. The summed E-state index contributed by atoms with van der Waals surface area (Å²) in [6.45, 7) is 2.08. The molecule has 7 nitrogen and oxygen atoms in total. The summed E-state index contributed by atoms with van der Waals surface area (Å²) < 4.78 is 63.5. The quantitative estimate of drug-likeness (QED) is 0.417. The Morgan fingerprint density at radius 3 is 2.55 bits per heavy atom. The summed E-state index contributed by atoms with van der Waals surface area (Å²) in [5.74, 6) is -1.16. The minimum absolute atomic E-state index is 0.0136. The van der Waals surface area contributed by atoms with Gasteiger partial charge in [0.15, 0.2) is 0 Å². The van der Waals surface area contributed by atoms with E-state index < -0.39 is 18.4 Å². The lowest BCUT2D eigenvalue weighted by atomic mass is 10.1. The van der Waals surface area contributed by atoms with Crippen molar-refractivity contribution in [1.82, 2.24) is 15.0 Å². The van der Waals surface area contributed by atoms with Crippen LogP contribution >= 0.6 is 0 Å². The summed E-state index contributed by atoms with van der Waals surface area (Å²) in [5, 5.41) is 2.85. The Balaban J connectivity index is 1.57. The highest BCUT2D eigenvalue weighted by molar-refractivity contribution is 5.70. The summed E-state index contributed by atoms with van der Waals surface area (Å²) in [5.41, 5.74) is 0.255. The number of morpholine rings is 1. The Labute approximate surface area is 187 Å². The zero-order valence-electron chi connectivity index (χ0n) is 17.8. The van der Waals surface area contributed by atoms with Gasteiger partial charge in [0.2, 0.25) is 11.9 Å². The van der Waals surface area contributed by atoms with Crippen molar-refractivity contribution < 1.29 is 27.0 Å². The smallest absolute Gasteiger partial charge is 0.387 e. The molecule has 0 unspecified atom stereocenters. The van der Waals surface area contributed by atoms with Crippen LogP contribution in [-0.2, 0) is 4.74 Å². The van der Waals surface area contributed by atoms with Gasteiger partial charge >= 0.3 is 6.61 Å². The summed E-state index contributed by atoms with van der Waals surface area (Å²) in [7, 11) is 0. The summed E-state index contributed by atoms with van der Waals surface area (Å²) in [6, 6.07) is 6.21. The van der Waals surface area contributed by atoms with Gasteiger partial charge < -0.3 is 19.7 Å². The van der Waals surface area contributed by atoms with Gasteiger partial charge in [0.05, 0.1) is 17.9 Å². The predicted molar refractivity (Wildman–Crippen MR) is 114 cm³/mol. The molecule has 3 aromatic rings. The molecule has 0 amide bonds. The first-order valence-corrected chi connectivity index (χ1v) is 10.2. The van der Waals surface area contributed by atoms with E-state index in [-0.39, 0.29) is 34.8 Å². The molecule has 174 valence electrons. The third-order valence-electron chi connectivity index (χ3n) is 4.92. The van der Waals surface area contributed by atoms with Gasteiger partial charge in [-0.05, 0) is 38.1 Å². The van der Waals surface area contributed by atoms with E-state index in [0.717, 1.165) is 12.3 Å². The molecule has 0 aliphatic carbocycles. The first-order valence-electron chi connectivity index (χ1n) is 10.2. The highest BCUT2D eigenvalue weighted by atomic mass is 19.3. The Bertz CT molecular complexity index is 1120. The molecular weight excluding hydrogens is 442 g/mol. The van der Waals surface area contributed by atoms with Crippen molar-refractivity contribution in [2.45, 2.75) is 32.7 Å². The Morgan fingerprint density at radius 2 is 1.85 bits per heavy atom. The van der Waals surface area contributed by atoms with Crippen molar-refractivity contribution >= 4 is 17.5 Å².